The van der Waals surface area contributed by atoms with Crippen molar-refractivity contribution < 1.29 is 17.9 Å². The van der Waals surface area contributed by atoms with Gasteiger partial charge in [0.25, 0.3) is 5.92 Å². The number of alkyl halides is 2. The van der Waals surface area contributed by atoms with Crippen LogP contribution in [-0.2, 0) is 12.5 Å². The van der Waals surface area contributed by atoms with Gasteiger partial charge in [-0.2, -0.15) is 8.78 Å². The molecule has 0 spiro atoms. The lowest BCUT2D eigenvalue weighted by atomic mass is 10.1. The van der Waals surface area contributed by atoms with Crippen molar-refractivity contribution in [3.05, 3.63) is 65.5 Å². The predicted octanol–water partition coefficient (Wildman–Crippen LogP) is 3.46. The fraction of sp³-hybridized carbons (Fsp3) is 0.200. The van der Waals surface area contributed by atoms with Gasteiger partial charge in [0.1, 0.15) is 18.2 Å². The molecule has 0 radical (unpaired) electrons. The highest BCUT2D eigenvalue weighted by Gasteiger charge is 2.29. The molecule has 0 amide bonds. The molecule has 2 nitrogen and oxygen atoms in total. The molecule has 2 aromatic rings. The minimum atomic E-state index is -3.03. The molecule has 106 valence electrons. The van der Waals surface area contributed by atoms with Gasteiger partial charge in [-0.25, -0.2) is 4.39 Å². The van der Waals surface area contributed by atoms with E-state index in [2.05, 4.69) is 0 Å². The quantitative estimate of drug-likeness (QED) is 0.911. The summed E-state index contributed by atoms with van der Waals surface area (Å²) in [6, 6.07) is 11.4. The van der Waals surface area contributed by atoms with E-state index in [1.807, 2.05) is 0 Å². The van der Waals surface area contributed by atoms with E-state index in [0.717, 1.165) is 5.56 Å². The third-order valence-corrected chi connectivity index (χ3v) is 2.85. The lowest BCUT2D eigenvalue weighted by Gasteiger charge is -2.14. The Labute approximate surface area is 115 Å². The predicted molar refractivity (Wildman–Crippen MR) is 70.1 cm³/mol. The van der Waals surface area contributed by atoms with Crippen molar-refractivity contribution in [3.8, 4) is 5.75 Å². The Balaban J connectivity index is 1.99. The van der Waals surface area contributed by atoms with Gasteiger partial charge in [-0.3, -0.25) is 0 Å². The van der Waals surface area contributed by atoms with E-state index < -0.39 is 12.5 Å². The van der Waals surface area contributed by atoms with Crippen LogP contribution in [0.1, 0.15) is 11.1 Å². The van der Waals surface area contributed by atoms with E-state index >= 15 is 0 Å². The van der Waals surface area contributed by atoms with Gasteiger partial charge in [-0.05, 0) is 42.0 Å². The number of halogens is 3. The van der Waals surface area contributed by atoms with Crippen LogP contribution >= 0.6 is 0 Å². The highest BCUT2D eigenvalue weighted by molar-refractivity contribution is 5.30. The molecule has 0 saturated heterocycles. The Hall–Kier alpha value is -2.01. The van der Waals surface area contributed by atoms with Gasteiger partial charge in [-0.15, -0.1) is 0 Å². The van der Waals surface area contributed by atoms with E-state index in [1.54, 1.807) is 12.1 Å². The van der Waals surface area contributed by atoms with Crippen LogP contribution in [0.5, 0.6) is 5.75 Å². The number of nitrogens with two attached hydrogens (primary N) is 1. The molecule has 0 unspecified atom stereocenters. The molecule has 5 heteroatoms. The Kier molecular flexibility index (Phi) is 4.29. The lowest BCUT2D eigenvalue weighted by Crippen LogP contribution is -2.24. The first kappa shape index (κ1) is 14.4. The minimum Gasteiger partial charge on any atom is -0.489 e. The standard InChI is InChI=1S/C15H14F3NO/c16-13-5-1-11(2-6-13)9-20-14-7-3-12(4-8-14)15(17,18)10-19/h1-8H,9-10,19H2. The Morgan fingerprint density at radius 1 is 0.950 bits per heavy atom. The van der Waals surface area contributed by atoms with Crippen LogP contribution in [0.2, 0.25) is 0 Å². The molecule has 0 bridgehead atoms. The first-order chi connectivity index (χ1) is 9.51. The van der Waals surface area contributed by atoms with E-state index in [1.165, 1.54) is 36.4 Å². The van der Waals surface area contributed by atoms with Crippen LogP contribution in [0, 0.1) is 5.82 Å². The topological polar surface area (TPSA) is 35.2 Å². The summed E-state index contributed by atoms with van der Waals surface area (Å²) in [7, 11) is 0. The fourth-order valence-corrected chi connectivity index (χ4v) is 1.66. The molecule has 2 rings (SSSR count). The molecule has 0 aromatic heterocycles. The monoisotopic (exact) mass is 281 g/mol. The third-order valence-electron chi connectivity index (χ3n) is 2.85. The second-order valence-electron chi connectivity index (χ2n) is 4.35. The maximum absolute atomic E-state index is 13.3. The van der Waals surface area contributed by atoms with E-state index in [9.17, 15) is 13.2 Å². The highest BCUT2D eigenvalue weighted by atomic mass is 19.3. The average molecular weight is 281 g/mol. The molecule has 0 heterocycles. The molecule has 0 aliphatic rings. The Morgan fingerprint density at radius 3 is 2.10 bits per heavy atom. The molecule has 2 N–H and O–H groups in total. The number of hydrogen-bond donors (Lipinski definition) is 1. The summed E-state index contributed by atoms with van der Waals surface area (Å²) in [6.45, 7) is -0.490. The molecule has 0 aliphatic carbocycles. The first-order valence-electron chi connectivity index (χ1n) is 6.07. The molecular weight excluding hydrogens is 267 g/mol. The van der Waals surface area contributed by atoms with E-state index in [4.69, 9.17) is 10.5 Å². The molecule has 0 saturated carbocycles. The van der Waals surface area contributed by atoms with Gasteiger partial charge >= 0.3 is 0 Å². The maximum Gasteiger partial charge on any atom is 0.285 e. The summed E-state index contributed by atoms with van der Waals surface area (Å²) in [4.78, 5) is 0. The fourth-order valence-electron chi connectivity index (χ4n) is 1.66. The van der Waals surface area contributed by atoms with Crippen LogP contribution in [-0.4, -0.2) is 6.54 Å². The number of benzene rings is 2. The van der Waals surface area contributed by atoms with Crippen LogP contribution in [0.3, 0.4) is 0 Å². The van der Waals surface area contributed by atoms with Gasteiger partial charge in [-0.1, -0.05) is 12.1 Å². The minimum absolute atomic E-state index is 0.144. The largest absolute Gasteiger partial charge is 0.489 e. The first-order valence-corrected chi connectivity index (χ1v) is 6.07. The van der Waals surface area contributed by atoms with Crippen LogP contribution < -0.4 is 10.5 Å². The van der Waals surface area contributed by atoms with Crippen LogP contribution in [0.15, 0.2) is 48.5 Å². The summed E-state index contributed by atoms with van der Waals surface area (Å²) in [5.74, 6) is -2.89. The zero-order valence-corrected chi connectivity index (χ0v) is 10.7. The average Bonchev–Trinajstić information content (AvgIpc) is 2.47. The van der Waals surface area contributed by atoms with Crippen molar-refractivity contribution in [3.63, 3.8) is 0 Å². The SMILES string of the molecule is NCC(F)(F)c1ccc(OCc2ccc(F)cc2)cc1. The zero-order chi connectivity index (χ0) is 14.6. The van der Waals surface area contributed by atoms with Gasteiger partial charge in [0.05, 0.1) is 6.54 Å². The smallest absolute Gasteiger partial charge is 0.285 e. The lowest BCUT2D eigenvalue weighted by molar-refractivity contribution is 0.00590. The van der Waals surface area contributed by atoms with E-state index in [0.29, 0.717) is 5.75 Å². The molecule has 2 aromatic carbocycles. The van der Waals surface area contributed by atoms with Crippen molar-refractivity contribution in [2.75, 3.05) is 6.54 Å². The highest BCUT2D eigenvalue weighted by Crippen LogP contribution is 2.28. The summed E-state index contributed by atoms with van der Waals surface area (Å²) in [6.07, 6.45) is 0. The summed E-state index contributed by atoms with van der Waals surface area (Å²) in [5.41, 5.74) is 5.66. The van der Waals surface area contributed by atoms with Crippen molar-refractivity contribution in [1.82, 2.24) is 0 Å². The summed E-state index contributed by atoms with van der Waals surface area (Å²) in [5, 5.41) is 0. The zero-order valence-electron chi connectivity index (χ0n) is 10.7. The number of rotatable bonds is 5. The van der Waals surface area contributed by atoms with E-state index in [-0.39, 0.29) is 18.0 Å². The molecule has 20 heavy (non-hydrogen) atoms. The maximum atomic E-state index is 13.3. The number of hydrogen-bond acceptors (Lipinski definition) is 2. The second kappa shape index (κ2) is 5.96. The van der Waals surface area contributed by atoms with Crippen molar-refractivity contribution in [2.45, 2.75) is 12.5 Å². The molecule has 0 atom stereocenters. The van der Waals surface area contributed by atoms with Crippen LogP contribution in [0.4, 0.5) is 13.2 Å². The Morgan fingerprint density at radius 2 is 1.55 bits per heavy atom. The number of ether oxygens (including phenoxy) is 1. The molecule has 0 fully saturated rings. The van der Waals surface area contributed by atoms with Gasteiger partial charge in [0.15, 0.2) is 0 Å². The molecular formula is C15H14F3NO. The molecule has 0 aliphatic heterocycles. The van der Waals surface area contributed by atoms with Crippen LogP contribution in [0.25, 0.3) is 0 Å². The van der Waals surface area contributed by atoms with Crippen molar-refractivity contribution >= 4 is 0 Å². The Bertz CT molecular complexity index is 552. The van der Waals surface area contributed by atoms with Gasteiger partial charge in [0, 0.05) is 5.56 Å². The van der Waals surface area contributed by atoms with Gasteiger partial charge in [0.2, 0.25) is 0 Å². The third kappa shape index (κ3) is 3.51. The summed E-state index contributed by atoms with van der Waals surface area (Å²) < 4.78 is 44.8. The van der Waals surface area contributed by atoms with Crippen molar-refractivity contribution in [1.29, 1.82) is 0 Å². The normalized spacial score (nSPS) is 11.4. The second-order valence-corrected chi connectivity index (χ2v) is 4.35. The van der Waals surface area contributed by atoms with Crippen molar-refractivity contribution in [2.24, 2.45) is 5.73 Å². The van der Waals surface area contributed by atoms with Gasteiger partial charge < -0.3 is 10.5 Å². The summed E-state index contributed by atoms with van der Waals surface area (Å²) >= 11 is 0.